The van der Waals surface area contributed by atoms with Crippen LogP contribution in [0.15, 0.2) is 24.3 Å². The summed E-state index contributed by atoms with van der Waals surface area (Å²) in [5.74, 6) is 0.916. The van der Waals surface area contributed by atoms with E-state index in [2.05, 4.69) is 21.2 Å². The number of aryl methyl sites for hydroxylation is 1. The average Bonchev–Trinajstić information content (AvgIpc) is 2.48. The number of halogens is 1. The number of hydrogen-bond donors (Lipinski definition) is 1. The van der Waals surface area contributed by atoms with Crippen LogP contribution in [-0.2, 0) is 4.79 Å². The summed E-state index contributed by atoms with van der Waals surface area (Å²) in [7, 11) is 0. The van der Waals surface area contributed by atoms with Gasteiger partial charge in [0.2, 0.25) is 5.91 Å². The van der Waals surface area contributed by atoms with Crippen molar-refractivity contribution < 1.29 is 9.53 Å². The molecule has 0 aliphatic heterocycles. The van der Waals surface area contributed by atoms with Crippen molar-refractivity contribution in [2.75, 3.05) is 11.9 Å². The first-order valence-corrected chi connectivity index (χ1v) is 8.82. The largest absolute Gasteiger partial charge is 0.493 e. The molecule has 2 rings (SSSR count). The van der Waals surface area contributed by atoms with Crippen molar-refractivity contribution in [2.45, 2.75) is 51.0 Å². The molecule has 0 atom stereocenters. The molecule has 0 unspecified atom stereocenters. The second-order valence-corrected chi connectivity index (χ2v) is 6.50. The summed E-state index contributed by atoms with van der Waals surface area (Å²) >= 11 is 3.56. The summed E-state index contributed by atoms with van der Waals surface area (Å²) in [4.78, 5) is 12.1. The van der Waals surface area contributed by atoms with E-state index in [-0.39, 0.29) is 11.4 Å². The van der Waals surface area contributed by atoms with Crippen LogP contribution < -0.4 is 10.1 Å². The number of carbonyl (C=O) groups is 1. The van der Waals surface area contributed by atoms with Gasteiger partial charge in [-0.15, -0.1) is 0 Å². The van der Waals surface area contributed by atoms with Gasteiger partial charge in [0.25, 0.3) is 0 Å². The lowest BCUT2D eigenvalue weighted by Gasteiger charge is -2.36. The average molecular weight is 354 g/mol. The van der Waals surface area contributed by atoms with Gasteiger partial charge in [0.15, 0.2) is 0 Å². The Hall–Kier alpha value is -1.03. The molecule has 1 aliphatic carbocycles. The third-order valence-electron chi connectivity index (χ3n) is 4.06. The molecule has 0 saturated heterocycles. The molecule has 0 radical (unpaired) electrons. The zero-order chi connectivity index (χ0) is 15.1. The normalized spacial score (nSPS) is 17.2. The highest BCUT2D eigenvalue weighted by molar-refractivity contribution is 9.09. The van der Waals surface area contributed by atoms with Crippen LogP contribution in [0.1, 0.15) is 44.1 Å². The smallest absolute Gasteiger partial charge is 0.223 e. The number of amides is 1. The van der Waals surface area contributed by atoms with E-state index in [0.29, 0.717) is 13.0 Å². The third-order valence-corrected chi connectivity index (χ3v) is 5.13. The molecule has 0 aromatic heterocycles. The molecule has 4 heteroatoms. The number of ether oxygens (including phenoxy) is 1. The molecule has 1 saturated carbocycles. The Kier molecular flexibility index (Phi) is 6.09. The maximum absolute atomic E-state index is 12.1. The monoisotopic (exact) mass is 353 g/mol. The van der Waals surface area contributed by atoms with Crippen LogP contribution in [0.25, 0.3) is 0 Å². The van der Waals surface area contributed by atoms with Crippen LogP contribution in [-0.4, -0.2) is 23.4 Å². The fraction of sp³-hybridized carbons (Fsp3) is 0.588. The van der Waals surface area contributed by atoms with Crippen molar-refractivity contribution in [3.63, 3.8) is 0 Å². The van der Waals surface area contributed by atoms with Crippen LogP contribution in [0.4, 0.5) is 0 Å². The Labute approximate surface area is 135 Å². The summed E-state index contributed by atoms with van der Waals surface area (Å²) in [6, 6.07) is 7.90. The summed E-state index contributed by atoms with van der Waals surface area (Å²) in [6.45, 7) is 2.45. The van der Waals surface area contributed by atoms with Crippen LogP contribution in [0.3, 0.4) is 0 Å². The van der Waals surface area contributed by atoms with Gasteiger partial charge < -0.3 is 10.1 Å². The molecule has 116 valence electrons. The van der Waals surface area contributed by atoms with E-state index < -0.39 is 0 Å². The van der Waals surface area contributed by atoms with Crippen molar-refractivity contribution >= 4 is 21.8 Å². The van der Waals surface area contributed by atoms with Gasteiger partial charge in [0.05, 0.1) is 13.0 Å². The molecule has 0 heterocycles. The zero-order valence-corrected chi connectivity index (χ0v) is 14.2. The summed E-state index contributed by atoms with van der Waals surface area (Å²) in [5, 5.41) is 4.05. The van der Waals surface area contributed by atoms with Gasteiger partial charge >= 0.3 is 0 Å². The number of nitrogens with one attached hydrogen (secondary N) is 1. The van der Waals surface area contributed by atoms with E-state index in [1.54, 1.807) is 0 Å². The lowest BCUT2D eigenvalue weighted by molar-refractivity contribution is -0.123. The van der Waals surface area contributed by atoms with Gasteiger partial charge in [-0.1, -0.05) is 47.3 Å². The zero-order valence-electron chi connectivity index (χ0n) is 12.7. The summed E-state index contributed by atoms with van der Waals surface area (Å²) < 4.78 is 5.64. The predicted octanol–water partition coefficient (Wildman–Crippen LogP) is 3.98. The second kappa shape index (κ2) is 7.83. The van der Waals surface area contributed by atoms with Crippen molar-refractivity contribution in [2.24, 2.45) is 0 Å². The number of carbonyl (C=O) groups excluding carboxylic acids is 1. The highest BCUT2D eigenvalue weighted by Crippen LogP contribution is 2.29. The number of hydrogen-bond acceptors (Lipinski definition) is 2. The van der Waals surface area contributed by atoms with E-state index in [0.717, 1.165) is 29.5 Å². The molecule has 0 spiro atoms. The van der Waals surface area contributed by atoms with Gasteiger partial charge in [-0.3, -0.25) is 4.79 Å². The standard InChI is InChI=1S/C17H24BrNO2/c1-14-6-5-7-15(12-14)21-11-8-16(20)19-17(13-18)9-3-2-4-10-17/h5-7,12H,2-4,8-11,13H2,1H3,(H,19,20). The minimum Gasteiger partial charge on any atom is -0.493 e. The Bertz CT molecular complexity index is 470. The molecule has 1 N–H and O–H groups in total. The first-order chi connectivity index (χ1) is 10.1. The van der Waals surface area contributed by atoms with Crippen LogP contribution in [0, 0.1) is 6.92 Å². The highest BCUT2D eigenvalue weighted by atomic mass is 79.9. The second-order valence-electron chi connectivity index (χ2n) is 5.94. The molecule has 1 aromatic rings. The lowest BCUT2D eigenvalue weighted by atomic mass is 9.83. The Balaban J connectivity index is 1.76. The highest BCUT2D eigenvalue weighted by Gasteiger charge is 2.32. The predicted molar refractivity (Wildman–Crippen MR) is 89.0 cm³/mol. The molecule has 1 fully saturated rings. The van der Waals surface area contributed by atoms with Crippen molar-refractivity contribution in [1.82, 2.24) is 5.32 Å². The minimum absolute atomic E-state index is 0.0430. The first-order valence-electron chi connectivity index (χ1n) is 7.70. The molecule has 1 aliphatic rings. The quantitative estimate of drug-likeness (QED) is 0.785. The fourth-order valence-corrected chi connectivity index (χ4v) is 3.55. The van der Waals surface area contributed by atoms with Crippen LogP contribution in [0.2, 0.25) is 0 Å². The van der Waals surface area contributed by atoms with Crippen molar-refractivity contribution in [1.29, 1.82) is 0 Å². The Morgan fingerprint density at radius 1 is 1.33 bits per heavy atom. The van der Waals surface area contributed by atoms with E-state index in [1.165, 1.54) is 19.3 Å². The number of alkyl halides is 1. The van der Waals surface area contributed by atoms with E-state index in [1.807, 2.05) is 31.2 Å². The summed E-state index contributed by atoms with van der Waals surface area (Å²) in [5.41, 5.74) is 1.12. The van der Waals surface area contributed by atoms with Gasteiger partial charge in [0, 0.05) is 10.9 Å². The third kappa shape index (κ3) is 5.03. The topological polar surface area (TPSA) is 38.3 Å². The van der Waals surface area contributed by atoms with Crippen molar-refractivity contribution in [3.8, 4) is 5.75 Å². The molecule has 21 heavy (non-hydrogen) atoms. The SMILES string of the molecule is Cc1cccc(OCCC(=O)NC2(CBr)CCCCC2)c1. The van der Waals surface area contributed by atoms with E-state index in [9.17, 15) is 4.79 Å². The minimum atomic E-state index is -0.0430. The fourth-order valence-electron chi connectivity index (χ4n) is 2.85. The van der Waals surface area contributed by atoms with Crippen molar-refractivity contribution in [3.05, 3.63) is 29.8 Å². The molecular weight excluding hydrogens is 330 g/mol. The first kappa shape index (κ1) is 16.3. The molecular formula is C17H24BrNO2. The van der Waals surface area contributed by atoms with Gasteiger partial charge in [0.1, 0.15) is 5.75 Å². The molecule has 3 nitrogen and oxygen atoms in total. The van der Waals surface area contributed by atoms with E-state index in [4.69, 9.17) is 4.74 Å². The maximum atomic E-state index is 12.1. The molecule has 1 aromatic carbocycles. The van der Waals surface area contributed by atoms with Crippen LogP contribution in [0.5, 0.6) is 5.75 Å². The van der Waals surface area contributed by atoms with Gasteiger partial charge in [-0.05, 0) is 37.5 Å². The number of rotatable bonds is 6. The maximum Gasteiger partial charge on any atom is 0.223 e. The lowest BCUT2D eigenvalue weighted by Crippen LogP contribution is -2.51. The van der Waals surface area contributed by atoms with Gasteiger partial charge in [-0.25, -0.2) is 0 Å². The molecule has 0 bridgehead atoms. The Morgan fingerprint density at radius 3 is 2.76 bits per heavy atom. The number of benzene rings is 1. The van der Waals surface area contributed by atoms with E-state index >= 15 is 0 Å². The van der Waals surface area contributed by atoms with Gasteiger partial charge in [-0.2, -0.15) is 0 Å². The Morgan fingerprint density at radius 2 is 2.10 bits per heavy atom. The summed E-state index contributed by atoms with van der Waals surface area (Å²) in [6.07, 6.45) is 6.23. The molecule has 1 amide bonds. The van der Waals surface area contributed by atoms with Crippen LogP contribution >= 0.6 is 15.9 Å².